The van der Waals surface area contributed by atoms with Gasteiger partial charge in [-0.15, -0.1) is 0 Å². The zero-order valence-electron chi connectivity index (χ0n) is 14.8. The van der Waals surface area contributed by atoms with Crippen molar-refractivity contribution in [2.24, 2.45) is 0 Å². The number of carbonyl (C=O) groups excluding carboxylic acids is 2. The second kappa shape index (κ2) is 7.86. The van der Waals surface area contributed by atoms with Crippen LogP contribution in [0.3, 0.4) is 0 Å². The van der Waals surface area contributed by atoms with Gasteiger partial charge < -0.3 is 9.64 Å². The van der Waals surface area contributed by atoms with Crippen LogP contribution in [0, 0.1) is 0 Å². The lowest BCUT2D eigenvalue weighted by Gasteiger charge is -2.20. The van der Waals surface area contributed by atoms with Crippen molar-refractivity contribution in [3.8, 4) is 5.75 Å². The van der Waals surface area contributed by atoms with Gasteiger partial charge in [0, 0.05) is 25.8 Å². The second-order valence-electron chi connectivity index (χ2n) is 5.33. The van der Waals surface area contributed by atoms with Gasteiger partial charge in [0.2, 0.25) is 0 Å². The topological polar surface area (TPSA) is 53.1 Å². The first kappa shape index (κ1) is 17.8. The number of hydrogen-bond acceptors (Lipinski definition) is 4. The Hall–Kier alpha value is -2.50. The molecule has 1 aliphatic heterocycles. The SMILES string of the molecule is CCOc1ccc(N2C(=O)N(CC)C(=O)C2=CN(CC)CC)cc1. The standard InChI is InChI=1S/C18H25N3O3/c1-5-19(6-2)13-16-17(22)20(7-3)18(23)21(16)14-9-11-15(12-10-14)24-8-4/h9-13H,5-8H2,1-4H3. The predicted octanol–water partition coefficient (Wildman–Crippen LogP) is 3.06. The number of carbonyl (C=O) groups is 2. The lowest BCUT2D eigenvalue weighted by Crippen LogP contribution is -2.32. The van der Waals surface area contributed by atoms with Gasteiger partial charge in [0.25, 0.3) is 5.91 Å². The van der Waals surface area contributed by atoms with Gasteiger partial charge in [-0.2, -0.15) is 0 Å². The summed E-state index contributed by atoms with van der Waals surface area (Å²) in [6.07, 6.45) is 1.77. The number of benzene rings is 1. The Balaban J connectivity index is 2.42. The fourth-order valence-corrected chi connectivity index (χ4v) is 2.62. The predicted molar refractivity (Wildman–Crippen MR) is 93.9 cm³/mol. The maximum Gasteiger partial charge on any atom is 0.336 e. The number of urea groups is 1. The number of likely N-dealkylation sites (N-methyl/N-ethyl adjacent to an activating group) is 1. The number of hydrogen-bond donors (Lipinski definition) is 0. The summed E-state index contributed by atoms with van der Waals surface area (Å²) in [7, 11) is 0. The van der Waals surface area contributed by atoms with Crippen molar-refractivity contribution in [1.82, 2.24) is 9.80 Å². The fraction of sp³-hybridized carbons (Fsp3) is 0.444. The van der Waals surface area contributed by atoms with Gasteiger partial charge in [-0.1, -0.05) is 0 Å². The smallest absolute Gasteiger partial charge is 0.336 e. The van der Waals surface area contributed by atoms with Gasteiger partial charge in [0.15, 0.2) is 0 Å². The molecule has 6 nitrogen and oxygen atoms in total. The third-order valence-corrected chi connectivity index (χ3v) is 3.97. The highest BCUT2D eigenvalue weighted by atomic mass is 16.5. The lowest BCUT2D eigenvalue weighted by molar-refractivity contribution is -0.122. The molecule has 0 aliphatic carbocycles. The maximum atomic E-state index is 12.7. The van der Waals surface area contributed by atoms with E-state index in [-0.39, 0.29) is 11.9 Å². The van der Waals surface area contributed by atoms with Crippen molar-refractivity contribution in [1.29, 1.82) is 0 Å². The highest BCUT2D eigenvalue weighted by molar-refractivity contribution is 6.21. The van der Waals surface area contributed by atoms with Crippen LogP contribution >= 0.6 is 0 Å². The molecule has 24 heavy (non-hydrogen) atoms. The monoisotopic (exact) mass is 331 g/mol. The molecule has 130 valence electrons. The third-order valence-electron chi connectivity index (χ3n) is 3.97. The number of amides is 3. The molecule has 0 atom stereocenters. The molecule has 1 fully saturated rings. The van der Waals surface area contributed by atoms with E-state index in [2.05, 4.69) is 0 Å². The van der Waals surface area contributed by atoms with E-state index in [9.17, 15) is 9.59 Å². The van der Waals surface area contributed by atoms with Gasteiger partial charge in [-0.05, 0) is 52.0 Å². The molecule has 0 radical (unpaired) electrons. The minimum atomic E-state index is -0.315. The molecule has 3 amide bonds. The molecule has 1 aromatic rings. The van der Waals surface area contributed by atoms with Crippen LogP contribution in [0.4, 0.5) is 10.5 Å². The summed E-state index contributed by atoms with van der Waals surface area (Å²) < 4.78 is 5.44. The molecule has 0 unspecified atom stereocenters. The molecule has 2 rings (SSSR count). The maximum absolute atomic E-state index is 12.7. The van der Waals surface area contributed by atoms with E-state index in [4.69, 9.17) is 4.74 Å². The van der Waals surface area contributed by atoms with E-state index in [1.165, 1.54) is 9.80 Å². The van der Waals surface area contributed by atoms with E-state index in [0.717, 1.165) is 18.8 Å². The number of ether oxygens (including phenoxy) is 1. The van der Waals surface area contributed by atoms with E-state index in [0.29, 0.717) is 24.5 Å². The molecular formula is C18H25N3O3. The van der Waals surface area contributed by atoms with E-state index >= 15 is 0 Å². The lowest BCUT2D eigenvalue weighted by atomic mass is 10.2. The van der Waals surface area contributed by atoms with Crippen LogP contribution in [0.15, 0.2) is 36.2 Å². The van der Waals surface area contributed by atoms with Crippen LogP contribution in [0.5, 0.6) is 5.75 Å². The number of anilines is 1. The summed E-state index contributed by atoms with van der Waals surface area (Å²) in [6, 6.07) is 6.89. The molecule has 1 aliphatic rings. The van der Waals surface area contributed by atoms with E-state index in [1.54, 1.807) is 37.4 Å². The summed E-state index contributed by atoms with van der Waals surface area (Å²) >= 11 is 0. The Morgan fingerprint density at radius 3 is 2.17 bits per heavy atom. The first-order chi connectivity index (χ1) is 11.6. The highest BCUT2D eigenvalue weighted by Gasteiger charge is 2.41. The second-order valence-corrected chi connectivity index (χ2v) is 5.33. The van der Waals surface area contributed by atoms with Crippen LogP contribution in [-0.4, -0.2) is 48.0 Å². The third kappa shape index (κ3) is 3.37. The Bertz CT molecular complexity index is 621. The molecule has 0 saturated carbocycles. The summed E-state index contributed by atoms with van der Waals surface area (Å²) in [4.78, 5) is 30.0. The number of imide groups is 1. The Morgan fingerprint density at radius 2 is 1.67 bits per heavy atom. The van der Waals surface area contributed by atoms with Gasteiger partial charge in [0.05, 0.1) is 12.3 Å². The number of nitrogens with zero attached hydrogens (tertiary/aromatic N) is 3. The molecule has 0 spiro atoms. The van der Waals surface area contributed by atoms with Gasteiger partial charge in [-0.25, -0.2) is 4.79 Å². The van der Waals surface area contributed by atoms with Crippen molar-refractivity contribution in [3.63, 3.8) is 0 Å². The zero-order valence-corrected chi connectivity index (χ0v) is 14.8. The molecule has 1 heterocycles. The zero-order chi connectivity index (χ0) is 17.7. The average molecular weight is 331 g/mol. The van der Waals surface area contributed by atoms with Crippen LogP contribution < -0.4 is 9.64 Å². The minimum Gasteiger partial charge on any atom is -0.494 e. The Morgan fingerprint density at radius 1 is 1.04 bits per heavy atom. The van der Waals surface area contributed by atoms with Crippen LogP contribution in [0.2, 0.25) is 0 Å². The minimum absolute atomic E-state index is 0.261. The molecule has 0 N–H and O–H groups in total. The Labute approximate surface area is 143 Å². The van der Waals surface area contributed by atoms with Gasteiger partial charge in [0.1, 0.15) is 11.4 Å². The van der Waals surface area contributed by atoms with Crippen LogP contribution in [0.25, 0.3) is 0 Å². The largest absolute Gasteiger partial charge is 0.494 e. The van der Waals surface area contributed by atoms with E-state index < -0.39 is 0 Å². The molecule has 1 aromatic carbocycles. The summed E-state index contributed by atoms with van der Waals surface area (Å²) in [6.45, 7) is 10.2. The van der Waals surface area contributed by atoms with Crippen molar-refractivity contribution in [2.45, 2.75) is 27.7 Å². The quantitative estimate of drug-likeness (QED) is 0.569. The molecule has 0 bridgehead atoms. The average Bonchev–Trinajstić information content (AvgIpc) is 2.83. The van der Waals surface area contributed by atoms with E-state index in [1.807, 2.05) is 25.7 Å². The summed E-state index contributed by atoms with van der Waals surface area (Å²) in [5.41, 5.74) is 1.04. The first-order valence-electron chi connectivity index (χ1n) is 8.41. The molecular weight excluding hydrogens is 306 g/mol. The van der Waals surface area contributed by atoms with Crippen molar-refractivity contribution in [3.05, 3.63) is 36.2 Å². The van der Waals surface area contributed by atoms with Crippen molar-refractivity contribution in [2.75, 3.05) is 31.1 Å². The first-order valence-corrected chi connectivity index (χ1v) is 8.41. The number of rotatable bonds is 7. The van der Waals surface area contributed by atoms with Crippen LogP contribution in [-0.2, 0) is 4.79 Å². The molecule has 1 saturated heterocycles. The summed E-state index contributed by atoms with van der Waals surface area (Å²) in [5, 5.41) is 0. The van der Waals surface area contributed by atoms with Gasteiger partial charge in [-0.3, -0.25) is 14.6 Å². The Kier molecular flexibility index (Phi) is 5.84. The van der Waals surface area contributed by atoms with Crippen molar-refractivity contribution < 1.29 is 14.3 Å². The van der Waals surface area contributed by atoms with Crippen molar-refractivity contribution >= 4 is 17.6 Å². The normalized spacial score (nSPS) is 16.2. The molecule has 0 aromatic heterocycles. The fourth-order valence-electron chi connectivity index (χ4n) is 2.62. The highest BCUT2D eigenvalue weighted by Crippen LogP contribution is 2.30. The molecule has 6 heteroatoms. The summed E-state index contributed by atoms with van der Waals surface area (Å²) in [5.74, 6) is 0.476. The van der Waals surface area contributed by atoms with Gasteiger partial charge >= 0.3 is 6.03 Å². The van der Waals surface area contributed by atoms with Crippen LogP contribution in [0.1, 0.15) is 27.7 Å².